The molecule has 0 amide bonds. The molecule has 0 bridgehead atoms. The summed E-state index contributed by atoms with van der Waals surface area (Å²) in [6, 6.07) is 14.2. The van der Waals surface area contributed by atoms with Gasteiger partial charge in [-0.3, -0.25) is 4.79 Å². The van der Waals surface area contributed by atoms with Crippen molar-refractivity contribution in [3.8, 4) is 23.3 Å². The van der Waals surface area contributed by atoms with Gasteiger partial charge >= 0.3 is 5.97 Å². The van der Waals surface area contributed by atoms with Crippen LogP contribution in [0, 0.1) is 24.8 Å². The molecule has 34 heavy (non-hydrogen) atoms. The first-order chi connectivity index (χ1) is 16.3. The molecule has 3 aromatic carbocycles. The molecule has 0 N–H and O–H groups in total. The summed E-state index contributed by atoms with van der Waals surface area (Å²) in [5.74, 6) is 1.01. The van der Waals surface area contributed by atoms with Crippen LogP contribution in [0.2, 0.25) is 5.02 Å². The fraction of sp³-hybridized carbons (Fsp3) is 0.115. The fourth-order valence-corrected chi connectivity index (χ4v) is 3.92. The van der Waals surface area contributed by atoms with Crippen molar-refractivity contribution >= 4 is 34.4 Å². The molecule has 0 aliphatic rings. The summed E-state index contributed by atoms with van der Waals surface area (Å²) in [5, 5.41) is 5.26. The van der Waals surface area contributed by atoms with Crippen LogP contribution >= 0.6 is 11.6 Å². The van der Waals surface area contributed by atoms with Gasteiger partial charge in [0.15, 0.2) is 0 Å². The van der Waals surface area contributed by atoms with Crippen LogP contribution in [0.25, 0.3) is 22.2 Å². The van der Waals surface area contributed by atoms with E-state index in [2.05, 4.69) is 21.9 Å². The van der Waals surface area contributed by atoms with Gasteiger partial charge < -0.3 is 9.47 Å². The van der Waals surface area contributed by atoms with Crippen LogP contribution in [0.1, 0.15) is 31.8 Å². The standard InChI is InChI=1S/C26H18ClFN2O4/c1-15-5-4-6-20(27)23(15)25(31)30-22-13-16(11-12-33-2)7-9-19(22)24(29-30)18-10-8-17(14-21(18)28)26(32)34-3/h4-10,13-14H,1-3H3. The number of carbonyl (C=O) groups is 2. The van der Waals surface area contributed by atoms with Gasteiger partial charge in [-0.1, -0.05) is 23.7 Å². The zero-order valence-corrected chi connectivity index (χ0v) is 19.2. The van der Waals surface area contributed by atoms with E-state index in [1.165, 1.54) is 31.0 Å². The summed E-state index contributed by atoms with van der Waals surface area (Å²) < 4.78 is 25.7. The second kappa shape index (κ2) is 9.38. The van der Waals surface area contributed by atoms with Crippen LogP contribution in [0.3, 0.4) is 0 Å². The number of carbonyl (C=O) groups excluding carboxylic acids is 2. The Morgan fingerprint density at radius 3 is 2.56 bits per heavy atom. The number of fused-ring (bicyclic) bond motifs is 1. The van der Waals surface area contributed by atoms with E-state index in [4.69, 9.17) is 16.3 Å². The Hall–Kier alpha value is -4.15. The smallest absolute Gasteiger partial charge is 0.337 e. The van der Waals surface area contributed by atoms with Gasteiger partial charge in [-0.2, -0.15) is 9.78 Å². The highest BCUT2D eigenvalue weighted by Gasteiger charge is 2.23. The van der Waals surface area contributed by atoms with Crippen molar-refractivity contribution in [3.63, 3.8) is 0 Å². The molecule has 0 saturated heterocycles. The van der Waals surface area contributed by atoms with Crippen LogP contribution in [-0.2, 0) is 9.47 Å². The number of hydrogen-bond acceptors (Lipinski definition) is 5. The molecule has 0 radical (unpaired) electrons. The summed E-state index contributed by atoms with van der Waals surface area (Å²) >= 11 is 6.33. The zero-order valence-electron chi connectivity index (χ0n) is 18.5. The first kappa shape index (κ1) is 23.0. The number of aromatic nitrogens is 2. The van der Waals surface area contributed by atoms with E-state index in [-0.39, 0.29) is 27.4 Å². The van der Waals surface area contributed by atoms with Crippen molar-refractivity contribution in [1.29, 1.82) is 0 Å². The van der Waals surface area contributed by atoms with Crippen molar-refractivity contribution in [2.24, 2.45) is 0 Å². The SMILES string of the molecule is COC#Cc1ccc2c(-c3ccc(C(=O)OC)cc3F)nn(C(=O)c3c(C)cccc3Cl)c2c1. The molecule has 8 heteroatoms. The molecule has 4 aromatic rings. The number of benzene rings is 3. The number of methoxy groups -OCH3 is 2. The molecule has 1 heterocycles. The molecule has 0 unspecified atom stereocenters. The van der Waals surface area contributed by atoms with Crippen LogP contribution in [0.4, 0.5) is 4.39 Å². The molecule has 1 aromatic heterocycles. The van der Waals surface area contributed by atoms with Gasteiger partial charge in [0.05, 0.1) is 35.9 Å². The number of halogens is 2. The van der Waals surface area contributed by atoms with Gasteiger partial charge in [0.2, 0.25) is 0 Å². The van der Waals surface area contributed by atoms with E-state index in [1.54, 1.807) is 43.3 Å². The molecule has 0 atom stereocenters. The minimum Gasteiger partial charge on any atom is -0.465 e. The zero-order chi connectivity index (χ0) is 24.4. The van der Waals surface area contributed by atoms with Crippen LogP contribution < -0.4 is 0 Å². The largest absolute Gasteiger partial charge is 0.465 e. The number of hydrogen-bond donors (Lipinski definition) is 0. The predicted octanol–water partition coefficient (Wildman–Crippen LogP) is 5.23. The quantitative estimate of drug-likeness (QED) is 0.299. The Bertz CT molecular complexity index is 1490. The van der Waals surface area contributed by atoms with E-state index in [9.17, 15) is 9.59 Å². The van der Waals surface area contributed by atoms with Crippen molar-refractivity contribution in [2.45, 2.75) is 6.92 Å². The lowest BCUT2D eigenvalue weighted by molar-refractivity contribution is 0.0600. The third kappa shape index (κ3) is 4.12. The molecule has 0 saturated carbocycles. The van der Waals surface area contributed by atoms with Crippen molar-refractivity contribution in [1.82, 2.24) is 9.78 Å². The van der Waals surface area contributed by atoms with E-state index < -0.39 is 17.7 Å². The van der Waals surface area contributed by atoms with E-state index in [1.807, 2.05) is 0 Å². The Kier molecular flexibility index (Phi) is 6.35. The summed E-state index contributed by atoms with van der Waals surface area (Å²) in [7, 11) is 2.66. The molecular formula is C26H18ClFN2O4. The van der Waals surface area contributed by atoms with E-state index in [0.29, 0.717) is 22.0 Å². The lowest BCUT2D eigenvalue weighted by atomic mass is 10.0. The Morgan fingerprint density at radius 2 is 1.88 bits per heavy atom. The maximum absolute atomic E-state index is 15.1. The second-order valence-corrected chi connectivity index (χ2v) is 7.75. The first-order valence-electron chi connectivity index (χ1n) is 10.1. The molecule has 0 spiro atoms. The third-order valence-electron chi connectivity index (χ3n) is 5.25. The second-order valence-electron chi connectivity index (χ2n) is 7.35. The number of nitrogens with zero attached hydrogens (tertiary/aromatic N) is 2. The molecule has 0 aliphatic heterocycles. The van der Waals surface area contributed by atoms with Crippen LogP contribution in [0.5, 0.6) is 0 Å². The molecular weight excluding hydrogens is 459 g/mol. The van der Waals surface area contributed by atoms with Gasteiger partial charge in [-0.05, 0) is 60.9 Å². The highest BCUT2D eigenvalue weighted by Crippen LogP contribution is 2.32. The average Bonchev–Trinajstić information content (AvgIpc) is 3.20. The summed E-state index contributed by atoms with van der Waals surface area (Å²) in [6.07, 6.45) is 2.51. The molecule has 0 aliphatic carbocycles. The fourth-order valence-electron chi connectivity index (χ4n) is 3.62. The maximum Gasteiger partial charge on any atom is 0.337 e. The highest BCUT2D eigenvalue weighted by atomic mass is 35.5. The Balaban J connectivity index is 1.96. The van der Waals surface area contributed by atoms with Crippen molar-refractivity contribution < 1.29 is 23.5 Å². The minimum atomic E-state index is -0.681. The normalized spacial score (nSPS) is 10.5. The number of ether oxygens (including phenoxy) is 2. The van der Waals surface area contributed by atoms with Crippen molar-refractivity contribution in [2.75, 3.05) is 14.2 Å². The van der Waals surface area contributed by atoms with Gasteiger partial charge in [0.25, 0.3) is 5.91 Å². The molecule has 4 rings (SSSR count). The van der Waals surface area contributed by atoms with Gasteiger partial charge in [0.1, 0.15) is 17.6 Å². The molecule has 170 valence electrons. The summed E-state index contributed by atoms with van der Waals surface area (Å²) in [5.41, 5.74) is 2.36. The monoisotopic (exact) mass is 476 g/mol. The predicted molar refractivity (Wildman–Crippen MR) is 126 cm³/mol. The van der Waals surface area contributed by atoms with Gasteiger partial charge in [-0.15, -0.1) is 0 Å². The topological polar surface area (TPSA) is 70.4 Å². The number of rotatable bonds is 3. The third-order valence-corrected chi connectivity index (χ3v) is 5.57. The van der Waals surface area contributed by atoms with Crippen LogP contribution in [-0.4, -0.2) is 35.9 Å². The lowest BCUT2D eigenvalue weighted by Gasteiger charge is -2.08. The highest BCUT2D eigenvalue weighted by molar-refractivity contribution is 6.34. The summed E-state index contributed by atoms with van der Waals surface area (Å²) in [6.45, 7) is 1.77. The molecule has 6 nitrogen and oxygen atoms in total. The van der Waals surface area contributed by atoms with Gasteiger partial charge in [-0.25, -0.2) is 9.18 Å². The minimum absolute atomic E-state index is 0.0624. The Labute approximate surface area is 199 Å². The molecule has 0 fully saturated rings. The maximum atomic E-state index is 15.1. The van der Waals surface area contributed by atoms with E-state index >= 15 is 4.39 Å². The first-order valence-corrected chi connectivity index (χ1v) is 10.5. The lowest BCUT2D eigenvalue weighted by Crippen LogP contribution is -2.15. The van der Waals surface area contributed by atoms with Crippen molar-refractivity contribution in [3.05, 3.63) is 87.7 Å². The Morgan fingerprint density at radius 1 is 1.09 bits per heavy atom. The number of aryl methyl sites for hydroxylation is 1. The van der Waals surface area contributed by atoms with E-state index in [0.717, 1.165) is 6.07 Å². The average molecular weight is 477 g/mol. The number of esters is 1. The van der Waals surface area contributed by atoms with Gasteiger partial charge in [0, 0.05) is 16.5 Å². The summed E-state index contributed by atoms with van der Waals surface area (Å²) in [4.78, 5) is 25.3. The van der Waals surface area contributed by atoms with Crippen LogP contribution in [0.15, 0.2) is 54.6 Å².